The second-order valence-corrected chi connectivity index (χ2v) is 5.70. The Labute approximate surface area is 145 Å². The van der Waals surface area contributed by atoms with Crippen LogP contribution in [0.3, 0.4) is 0 Å². The highest BCUT2D eigenvalue weighted by atomic mass is 16.5. The number of anilines is 1. The third-order valence-electron chi connectivity index (χ3n) is 4.16. The van der Waals surface area contributed by atoms with Crippen molar-refractivity contribution in [2.45, 2.75) is 6.17 Å². The van der Waals surface area contributed by atoms with Crippen molar-refractivity contribution in [3.63, 3.8) is 0 Å². The predicted molar refractivity (Wildman–Crippen MR) is 98.0 cm³/mol. The van der Waals surface area contributed by atoms with Gasteiger partial charge in [0, 0.05) is 29.9 Å². The molecule has 0 fully saturated rings. The number of rotatable bonds is 3. The van der Waals surface area contributed by atoms with E-state index in [1.54, 1.807) is 12.3 Å². The number of phenols is 1. The van der Waals surface area contributed by atoms with Gasteiger partial charge in [-0.15, -0.1) is 0 Å². The molecule has 3 N–H and O–H groups in total. The fourth-order valence-electron chi connectivity index (χ4n) is 2.92. The summed E-state index contributed by atoms with van der Waals surface area (Å²) in [5, 5.41) is 16.5. The van der Waals surface area contributed by atoms with Crippen LogP contribution in [0, 0.1) is 0 Å². The van der Waals surface area contributed by atoms with Crippen molar-refractivity contribution >= 4 is 17.2 Å². The topological polar surface area (TPSA) is 69.1 Å². The van der Waals surface area contributed by atoms with Gasteiger partial charge in [0.25, 0.3) is 0 Å². The Morgan fingerprint density at radius 1 is 1.20 bits per heavy atom. The molecule has 0 aromatic heterocycles. The molecule has 1 unspecified atom stereocenters. The summed E-state index contributed by atoms with van der Waals surface area (Å²) in [4.78, 5) is 6.55. The number of nitrogens with one attached hydrogen (secondary N) is 2. The minimum atomic E-state index is -0.111. The number of hydrogen-bond acceptors (Lipinski definition) is 6. The van der Waals surface area contributed by atoms with Crippen molar-refractivity contribution in [3.8, 4) is 11.5 Å². The molecule has 126 valence electrons. The van der Waals surface area contributed by atoms with Crippen LogP contribution in [0.2, 0.25) is 0 Å². The highest BCUT2D eigenvalue weighted by Gasteiger charge is 2.31. The summed E-state index contributed by atoms with van der Waals surface area (Å²) in [5.74, 6) is 1.38. The summed E-state index contributed by atoms with van der Waals surface area (Å²) in [6.07, 6.45) is 5.51. The molecule has 6 nitrogen and oxygen atoms in total. The van der Waals surface area contributed by atoms with E-state index in [2.05, 4.69) is 20.5 Å². The van der Waals surface area contributed by atoms with Gasteiger partial charge in [-0.1, -0.05) is 18.2 Å². The van der Waals surface area contributed by atoms with Crippen molar-refractivity contribution in [1.29, 1.82) is 0 Å². The third-order valence-corrected chi connectivity index (χ3v) is 4.16. The second-order valence-electron chi connectivity index (χ2n) is 5.70. The number of methoxy groups -OCH3 is 1. The molecule has 4 rings (SSSR count). The van der Waals surface area contributed by atoms with Gasteiger partial charge in [-0.2, -0.15) is 0 Å². The van der Waals surface area contributed by atoms with Crippen LogP contribution in [0.1, 0.15) is 5.56 Å². The summed E-state index contributed by atoms with van der Waals surface area (Å²) in [7, 11) is 1.54. The van der Waals surface area contributed by atoms with E-state index in [-0.39, 0.29) is 11.9 Å². The zero-order valence-corrected chi connectivity index (χ0v) is 13.7. The number of nitrogens with zero attached hydrogens (tertiary/aromatic N) is 2. The Balaban J connectivity index is 1.58. The van der Waals surface area contributed by atoms with Gasteiger partial charge in [0.2, 0.25) is 0 Å². The lowest BCUT2D eigenvalue weighted by molar-refractivity contribution is 0.373. The number of fused-ring (bicyclic) bond motifs is 1. The first-order valence-electron chi connectivity index (χ1n) is 7.94. The van der Waals surface area contributed by atoms with Crippen LogP contribution in [0.5, 0.6) is 11.5 Å². The standard InChI is InChI=1S/C19H18N4O2/c1-25-17-11-13(7-8-16(17)24)15-12-21-19-18(20-9-10-23(15)19)22-14-5-3-2-4-6-14/h2-12,19,21,24H,1H3,(H,20,22). The molecule has 0 saturated carbocycles. The molecule has 0 aliphatic carbocycles. The fraction of sp³-hybridized carbons (Fsp3) is 0.105. The summed E-state index contributed by atoms with van der Waals surface area (Å²) in [5.41, 5.74) is 2.90. The van der Waals surface area contributed by atoms with Gasteiger partial charge in [-0.25, -0.2) is 4.99 Å². The average molecular weight is 334 g/mol. The molecule has 2 aromatic carbocycles. The zero-order valence-electron chi connectivity index (χ0n) is 13.7. The largest absolute Gasteiger partial charge is 0.504 e. The fourth-order valence-corrected chi connectivity index (χ4v) is 2.92. The SMILES string of the molecule is COc1cc(C2=CNC3C(Nc4ccccc4)=NC=CN23)ccc1O. The molecule has 0 bridgehead atoms. The van der Waals surface area contributed by atoms with E-state index in [1.807, 2.05) is 54.9 Å². The highest BCUT2D eigenvalue weighted by Crippen LogP contribution is 2.33. The molecule has 25 heavy (non-hydrogen) atoms. The molecule has 2 heterocycles. The molecule has 2 aliphatic rings. The summed E-state index contributed by atoms with van der Waals surface area (Å²) < 4.78 is 5.21. The smallest absolute Gasteiger partial charge is 0.163 e. The second kappa shape index (κ2) is 6.24. The number of benzene rings is 2. The Bertz CT molecular complexity index is 874. The molecule has 2 aliphatic heterocycles. The van der Waals surface area contributed by atoms with Crippen LogP contribution < -0.4 is 15.4 Å². The van der Waals surface area contributed by atoms with Crippen molar-refractivity contribution in [2.75, 3.05) is 12.4 Å². The molecule has 6 heteroatoms. The first-order valence-corrected chi connectivity index (χ1v) is 7.94. The van der Waals surface area contributed by atoms with E-state index in [0.717, 1.165) is 22.8 Å². The van der Waals surface area contributed by atoms with Crippen molar-refractivity contribution < 1.29 is 9.84 Å². The normalized spacial score (nSPS) is 18.1. The van der Waals surface area contributed by atoms with Crippen LogP contribution in [0.25, 0.3) is 5.70 Å². The van der Waals surface area contributed by atoms with Gasteiger partial charge in [0.05, 0.1) is 12.8 Å². The van der Waals surface area contributed by atoms with E-state index in [1.165, 1.54) is 7.11 Å². The lowest BCUT2D eigenvalue weighted by Crippen LogP contribution is -2.45. The van der Waals surface area contributed by atoms with E-state index in [0.29, 0.717) is 5.75 Å². The lowest BCUT2D eigenvalue weighted by atomic mass is 10.1. The molecule has 0 spiro atoms. The molecular weight excluding hydrogens is 316 g/mol. The van der Waals surface area contributed by atoms with Gasteiger partial charge in [0.15, 0.2) is 17.7 Å². The summed E-state index contributed by atoms with van der Waals surface area (Å²) >= 11 is 0. The molecule has 0 radical (unpaired) electrons. The predicted octanol–water partition coefficient (Wildman–Crippen LogP) is 2.93. The number of para-hydroxylation sites is 1. The number of aromatic hydroxyl groups is 1. The van der Waals surface area contributed by atoms with E-state index in [9.17, 15) is 5.11 Å². The number of amidine groups is 1. The number of hydrogen-bond donors (Lipinski definition) is 3. The van der Waals surface area contributed by atoms with Crippen LogP contribution in [-0.2, 0) is 0 Å². The van der Waals surface area contributed by atoms with Gasteiger partial charge in [0.1, 0.15) is 5.84 Å². The molecular formula is C19H18N4O2. The highest BCUT2D eigenvalue weighted by molar-refractivity contribution is 6.01. The minimum Gasteiger partial charge on any atom is -0.504 e. The summed E-state index contributed by atoms with van der Waals surface area (Å²) in [6, 6.07) is 15.2. The summed E-state index contributed by atoms with van der Waals surface area (Å²) in [6.45, 7) is 0. The van der Waals surface area contributed by atoms with Gasteiger partial charge >= 0.3 is 0 Å². The molecule has 0 saturated heterocycles. The zero-order chi connectivity index (χ0) is 17.2. The first kappa shape index (κ1) is 15.1. The Kier molecular flexibility index (Phi) is 3.78. The lowest BCUT2D eigenvalue weighted by Gasteiger charge is -2.29. The maximum atomic E-state index is 9.80. The van der Waals surface area contributed by atoms with E-state index < -0.39 is 0 Å². The van der Waals surface area contributed by atoms with E-state index in [4.69, 9.17) is 4.74 Å². The molecule has 0 amide bonds. The molecule has 2 aromatic rings. The van der Waals surface area contributed by atoms with Gasteiger partial charge in [-0.3, -0.25) is 0 Å². The van der Waals surface area contributed by atoms with Crippen LogP contribution >= 0.6 is 0 Å². The Hall–Kier alpha value is -3.41. The average Bonchev–Trinajstić information content (AvgIpc) is 3.08. The number of aliphatic imine (C=N–C) groups is 1. The minimum absolute atomic E-state index is 0.111. The van der Waals surface area contributed by atoms with Crippen molar-refractivity contribution in [2.24, 2.45) is 4.99 Å². The van der Waals surface area contributed by atoms with Crippen molar-refractivity contribution in [1.82, 2.24) is 10.2 Å². The quantitative estimate of drug-likeness (QED) is 0.805. The van der Waals surface area contributed by atoms with Crippen molar-refractivity contribution in [3.05, 3.63) is 72.7 Å². The molecule has 1 atom stereocenters. The van der Waals surface area contributed by atoms with Crippen LogP contribution in [0.15, 0.2) is 72.1 Å². The Morgan fingerprint density at radius 3 is 2.84 bits per heavy atom. The first-order chi connectivity index (χ1) is 12.3. The van der Waals surface area contributed by atoms with Gasteiger partial charge in [-0.05, 0) is 30.3 Å². The number of ether oxygens (including phenoxy) is 1. The maximum Gasteiger partial charge on any atom is 0.163 e. The Morgan fingerprint density at radius 2 is 2.04 bits per heavy atom. The van der Waals surface area contributed by atoms with Gasteiger partial charge < -0.3 is 25.4 Å². The maximum absolute atomic E-state index is 9.80. The number of phenolic OH excluding ortho intramolecular Hbond substituents is 1. The van der Waals surface area contributed by atoms with Crippen LogP contribution in [-0.4, -0.2) is 29.1 Å². The van der Waals surface area contributed by atoms with Crippen LogP contribution in [0.4, 0.5) is 5.69 Å². The third kappa shape index (κ3) is 2.78. The monoisotopic (exact) mass is 334 g/mol. The van der Waals surface area contributed by atoms with E-state index >= 15 is 0 Å².